The summed E-state index contributed by atoms with van der Waals surface area (Å²) in [6, 6.07) is 5.85. The number of benzene rings is 1. The molecule has 0 saturated heterocycles. The van der Waals surface area contributed by atoms with E-state index in [0.29, 0.717) is 0 Å². The van der Waals surface area contributed by atoms with Crippen LogP contribution in [0.25, 0.3) is 0 Å². The SMILES string of the molecule is CN(C(=O)CCC(=O)O)c1ccccc1F. The Hall–Kier alpha value is -1.91. The maximum absolute atomic E-state index is 13.3. The van der Waals surface area contributed by atoms with E-state index in [1.165, 1.54) is 25.2 Å². The summed E-state index contributed by atoms with van der Waals surface area (Å²) in [7, 11) is 1.42. The third kappa shape index (κ3) is 3.05. The van der Waals surface area contributed by atoms with Gasteiger partial charge >= 0.3 is 5.97 Å². The first-order valence-corrected chi connectivity index (χ1v) is 4.75. The molecule has 1 aromatic carbocycles. The fraction of sp³-hybridized carbons (Fsp3) is 0.273. The van der Waals surface area contributed by atoms with Gasteiger partial charge in [0.2, 0.25) is 5.91 Å². The standard InChI is InChI=1S/C11H12FNO3/c1-13(10(14)6-7-11(15)16)9-5-3-2-4-8(9)12/h2-5H,6-7H2,1H3,(H,15,16). The number of carboxylic acids is 1. The molecule has 0 bridgehead atoms. The second-order valence-electron chi connectivity index (χ2n) is 3.30. The predicted octanol–water partition coefficient (Wildman–Crippen LogP) is 1.65. The summed E-state index contributed by atoms with van der Waals surface area (Å²) >= 11 is 0. The highest BCUT2D eigenvalue weighted by molar-refractivity contribution is 5.94. The van der Waals surface area contributed by atoms with Crippen LogP contribution in [0.4, 0.5) is 10.1 Å². The molecule has 0 aromatic heterocycles. The number of carboxylic acid groups (broad SMARTS) is 1. The summed E-state index contributed by atoms with van der Waals surface area (Å²) in [6.45, 7) is 0. The molecule has 0 fully saturated rings. The van der Waals surface area contributed by atoms with Crippen LogP contribution in [-0.2, 0) is 9.59 Å². The van der Waals surface area contributed by atoms with Gasteiger partial charge in [-0.25, -0.2) is 4.39 Å². The molecule has 0 atom stereocenters. The lowest BCUT2D eigenvalue weighted by Gasteiger charge is -2.17. The zero-order chi connectivity index (χ0) is 12.1. The van der Waals surface area contributed by atoms with E-state index in [2.05, 4.69) is 0 Å². The molecule has 0 aliphatic rings. The van der Waals surface area contributed by atoms with E-state index < -0.39 is 17.7 Å². The summed E-state index contributed by atoms with van der Waals surface area (Å²) < 4.78 is 13.3. The Kier molecular flexibility index (Phi) is 3.99. The van der Waals surface area contributed by atoms with Gasteiger partial charge in [-0.3, -0.25) is 9.59 Å². The van der Waals surface area contributed by atoms with Gasteiger partial charge in [0.15, 0.2) is 0 Å². The molecule has 1 N–H and O–H groups in total. The molecule has 0 aliphatic heterocycles. The third-order valence-electron chi connectivity index (χ3n) is 2.14. The molecule has 0 radical (unpaired) electrons. The summed E-state index contributed by atoms with van der Waals surface area (Å²) in [6.07, 6.45) is -0.391. The number of carbonyl (C=O) groups is 2. The second-order valence-corrected chi connectivity index (χ2v) is 3.30. The smallest absolute Gasteiger partial charge is 0.303 e. The van der Waals surface area contributed by atoms with Crippen molar-refractivity contribution in [3.05, 3.63) is 30.1 Å². The van der Waals surface area contributed by atoms with Crippen molar-refractivity contribution < 1.29 is 19.1 Å². The minimum absolute atomic E-state index is 0.139. The van der Waals surface area contributed by atoms with E-state index in [1.807, 2.05) is 0 Å². The van der Waals surface area contributed by atoms with E-state index in [-0.39, 0.29) is 18.5 Å². The van der Waals surface area contributed by atoms with Crippen molar-refractivity contribution >= 4 is 17.6 Å². The normalized spacial score (nSPS) is 9.88. The average Bonchev–Trinajstić information content (AvgIpc) is 2.25. The van der Waals surface area contributed by atoms with Crippen LogP contribution < -0.4 is 4.90 Å². The molecule has 0 saturated carbocycles. The first kappa shape index (κ1) is 12.2. The van der Waals surface area contributed by atoms with Crippen LogP contribution in [0.2, 0.25) is 0 Å². The number of rotatable bonds is 4. The van der Waals surface area contributed by atoms with Gasteiger partial charge in [0.25, 0.3) is 0 Å². The number of halogens is 1. The van der Waals surface area contributed by atoms with Gasteiger partial charge in [0.1, 0.15) is 5.82 Å². The highest BCUT2D eigenvalue weighted by Gasteiger charge is 2.15. The van der Waals surface area contributed by atoms with Crippen LogP contribution >= 0.6 is 0 Å². The number of para-hydroxylation sites is 1. The average molecular weight is 225 g/mol. The van der Waals surface area contributed by atoms with Gasteiger partial charge in [-0.05, 0) is 12.1 Å². The molecule has 0 heterocycles. The van der Waals surface area contributed by atoms with Crippen LogP contribution in [0.1, 0.15) is 12.8 Å². The Morgan fingerprint density at radius 3 is 2.50 bits per heavy atom. The molecule has 4 nitrogen and oxygen atoms in total. The predicted molar refractivity (Wildman–Crippen MR) is 56.7 cm³/mol. The minimum atomic E-state index is -1.05. The van der Waals surface area contributed by atoms with Gasteiger partial charge < -0.3 is 10.0 Å². The number of nitrogens with zero attached hydrogens (tertiary/aromatic N) is 1. The number of carbonyl (C=O) groups excluding carboxylic acids is 1. The molecule has 0 unspecified atom stereocenters. The van der Waals surface area contributed by atoms with Gasteiger partial charge in [-0.1, -0.05) is 12.1 Å². The summed E-state index contributed by atoms with van der Waals surface area (Å²) in [5.41, 5.74) is 0.151. The van der Waals surface area contributed by atoms with Crippen LogP contribution in [0.3, 0.4) is 0 Å². The van der Waals surface area contributed by atoms with Crippen LogP contribution in [0.15, 0.2) is 24.3 Å². The Morgan fingerprint density at radius 1 is 1.31 bits per heavy atom. The number of hydrogen-bond acceptors (Lipinski definition) is 2. The largest absolute Gasteiger partial charge is 0.481 e. The summed E-state index contributed by atoms with van der Waals surface area (Å²) in [5.74, 6) is -1.98. The second kappa shape index (κ2) is 5.25. The number of amides is 1. The van der Waals surface area contributed by atoms with Crippen LogP contribution in [-0.4, -0.2) is 24.0 Å². The van der Waals surface area contributed by atoms with Crippen LogP contribution in [0, 0.1) is 5.82 Å². The Labute approximate surface area is 92.3 Å². The first-order chi connectivity index (χ1) is 7.52. The summed E-state index contributed by atoms with van der Waals surface area (Å²) in [5, 5.41) is 8.42. The molecule has 0 aliphatic carbocycles. The first-order valence-electron chi connectivity index (χ1n) is 4.75. The Bertz CT molecular complexity index is 406. The van der Waals surface area contributed by atoms with Crippen molar-refractivity contribution in [3.63, 3.8) is 0 Å². The number of anilines is 1. The molecule has 16 heavy (non-hydrogen) atoms. The minimum Gasteiger partial charge on any atom is -0.481 e. The third-order valence-corrected chi connectivity index (χ3v) is 2.14. The van der Waals surface area contributed by atoms with Gasteiger partial charge in [-0.2, -0.15) is 0 Å². The number of hydrogen-bond donors (Lipinski definition) is 1. The monoisotopic (exact) mass is 225 g/mol. The molecule has 1 amide bonds. The van der Waals surface area contributed by atoms with Gasteiger partial charge in [0.05, 0.1) is 12.1 Å². The molecule has 1 aromatic rings. The molecule has 86 valence electrons. The summed E-state index contributed by atoms with van der Waals surface area (Å²) in [4.78, 5) is 22.9. The Balaban J connectivity index is 2.71. The highest BCUT2D eigenvalue weighted by Crippen LogP contribution is 2.17. The molecule has 5 heteroatoms. The lowest BCUT2D eigenvalue weighted by atomic mass is 10.2. The number of aliphatic carboxylic acids is 1. The molecular formula is C11H12FNO3. The zero-order valence-corrected chi connectivity index (χ0v) is 8.81. The van der Waals surface area contributed by atoms with Crippen molar-refractivity contribution in [2.24, 2.45) is 0 Å². The van der Waals surface area contributed by atoms with E-state index in [9.17, 15) is 14.0 Å². The van der Waals surface area contributed by atoms with Crippen molar-refractivity contribution in [1.82, 2.24) is 0 Å². The highest BCUT2D eigenvalue weighted by atomic mass is 19.1. The fourth-order valence-corrected chi connectivity index (χ4v) is 1.24. The van der Waals surface area contributed by atoms with Gasteiger partial charge in [-0.15, -0.1) is 0 Å². The van der Waals surface area contributed by atoms with Crippen molar-refractivity contribution in [2.75, 3.05) is 11.9 Å². The molecule has 0 spiro atoms. The van der Waals surface area contributed by atoms with E-state index in [4.69, 9.17) is 5.11 Å². The zero-order valence-electron chi connectivity index (χ0n) is 8.81. The lowest BCUT2D eigenvalue weighted by molar-refractivity contribution is -0.138. The maximum Gasteiger partial charge on any atom is 0.303 e. The van der Waals surface area contributed by atoms with E-state index >= 15 is 0 Å². The quantitative estimate of drug-likeness (QED) is 0.847. The Morgan fingerprint density at radius 2 is 1.94 bits per heavy atom. The van der Waals surface area contributed by atoms with Gasteiger partial charge in [0, 0.05) is 13.5 Å². The van der Waals surface area contributed by atoms with Crippen LogP contribution in [0.5, 0.6) is 0 Å². The topological polar surface area (TPSA) is 57.6 Å². The van der Waals surface area contributed by atoms with E-state index in [1.54, 1.807) is 6.07 Å². The van der Waals surface area contributed by atoms with Crippen molar-refractivity contribution in [1.29, 1.82) is 0 Å². The molecule has 1 rings (SSSR count). The van der Waals surface area contributed by atoms with Crippen molar-refractivity contribution in [2.45, 2.75) is 12.8 Å². The van der Waals surface area contributed by atoms with E-state index in [0.717, 1.165) is 4.90 Å². The molecular weight excluding hydrogens is 213 g/mol. The fourth-order valence-electron chi connectivity index (χ4n) is 1.24. The lowest BCUT2D eigenvalue weighted by Crippen LogP contribution is -2.27. The van der Waals surface area contributed by atoms with Crippen molar-refractivity contribution in [3.8, 4) is 0 Å². The maximum atomic E-state index is 13.3.